The molecule has 0 atom stereocenters. The fourth-order valence-electron chi connectivity index (χ4n) is 4.03. The Kier molecular flexibility index (Phi) is 6.12. The van der Waals surface area contributed by atoms with Crippen LogP contribution in [0.15, 0.2) is 65.6 Å². The summed E-state index contributed by atoms with van der Waals surface area (Å²) >= 11 is 0. The number of hydrogen-bond donors (Lipinski definition) is 0. The van der Waals surface area contributed by atoms with Crippen LogP contribution in [0.2, 0.25) is 0 Å². The van der Waals surface area contributed by atoms with E-state index in [0.717, 1.165) is 24.0 Å². The first kappa shape index (κ1) is 21.2. The number of fused-ring (bicyclic) bond motifs is 1. The van der Waals surface area contributed by atoms with Crippen LogP contribution in [0.4, 0.5) is 5.69 Å². The third-order valence-corrected chi connectivity index (χ3v) is 7.53. The summed E-state index contributed by atoms with van der Waals surface area (Å²) in [5.41, 5.74) is 1.62. The summed E-state index contributed by atoms with van der Waals surface area (Å²) < 4.78 is 34.4. The zero-order chi connectivity index (χ0) is 21.8. The van der Waals surface area contributed by atoms with E-state index < -0.39 is 10.0 Å². The maximum Gasteiger partial charge on any atom is 0.243 e. The van der Waals surface area contributed by atoms with Crippen LogP contribution in [-0.4, -0.2) is 45.5 Å². The van der Waals surface area contributed by atoms with Gasteiger partial charge in [-0.1, -0.05) is 24.3 Å². The van der Waals surface area contributed by atoms with Crippen LogP contribution in [0.3, 0.4) is 0 Å². The van der Waals surface area contributed by atoms with E-state index in [-0.39, 0.29) is 0 Å². The maximum atomic E-state index is 13.6. The van der Waals surface area contributed by atoms with E-state index in [1.54, 1.807) is 28.6 Å². The van der Waals surface area contributed by atoms with Crippen LogP contribution in [0.1, 0.15) is 18.9 Å². The van der Waals surface area contributed by atoms with E-state index in [1.807, 2.05) is 43.3 Å². The molecular weight excluding hydrogens is 410 g/mol. The highest BCUT2D eigenvalue weighted by Crippen LogP contribution is 2.33. The van der Waals surface area contributed by atoms with Crippen LogP contribution in [0, 0.1) is 11.3 Å². The van der Waals surface area contributed by atoms with Crippen LogP contribution >= 0.6 is 0 Å². The van der Waals surface area contributed by atoms with Crippen LogP contribution in [0.5, 0.6) is 5.75 Å². The molecule has 0 N–H and O–H groups in total. The van der Waals surface area contributed by atoms with Gasteiger partial charge in [0.1, 0.15) is 5.75 Å². The molecule has 0 aromatic heterocycles. The number of benzene rings is 3. The second kappa shape index (κ2) is 8.96. The molecule has 0 aliphatic carbocycles. The molecule has 4 rings (SSSR count). The smallest absolute Gasteiger partial charge is 0.243 e. The van der Waals surface area contributed by atoms with Crippen molar-refractivity contribution in [2.24, 2.45) is 0 Å². The summed E-state index contributed by atoms with van der Waals surface area (Å²) in [5, 5.41) is 10.5. The highest BCUT2D eigenvalue weighted by Gasteiger charge is 2.29. The van der Waals surface area contributed by atoms with E-state index in [1.165, 1.54) is 0 Å². The molecule has 0 spiro atoms. The van der Waals surface area contributed by atoms with E-state index in [9.17, 15) is 8.42 Å². The Labute approximate surface area is 183 Å². The molecule has 0 saturated carbocycles. The predicted molar refractivity (Wildman–Crippen MR) is 122 cm³/mol. The van der Waals surface area contributed by atoms with Crippen LogP contribution < -0.4 is 9.64 Å². The number of ether oxygens (including phenoxy) is 1. The highest BCUT2D eigenvalue weighted by molar-refractivity contribution is 7.89. The molecule has 160 valence electrons. The number of sulfonamides is 1. The second-order valence-electron chi connectivity index (χ2n) is 7.44. The first-order valence-electron chi connectivity index (χ1n) is 10.4. The van der Waals surface area contributed by atoms with Crippen molar-refractivity contribution in [2.45, 2.75) is 18.2 Å². The van der Waals surface area contributed by atoms with Gasteiger partial charge in [0.2, 0.25) is 10.0 Å². The molecule has 3 aromatic carbocycles. The lowest BCUT2D eigenvalue weighted by Gasteiger charge is -2.24. The summed E-state index contributed by atoms with van der Waals surface area (Å²) in [6, 6.07) is 20.4. The average molecular weight is 436 g/mol. The molecule has 3 aromatic rings. The van der Waals surface area contributed by atoms with Crippen molar-refractivity contribution in [1.82, 2.24) is 4.31 Å². The third-order valence-electron chi connectivity index (χ3n) is 5.58. The van der Waals surface area contributed by atoms with Crippen molar-refractivity contribution in [1.29, 1.82) is 5.26 Å². The van der Waals surface area contributed by atoms with Crippen molar-refractivity contribution in [3.63, 3.8) is 0 Å². The standard InChI is InChI=1S/C24H25N3O3S/c1-2-30-23-12-13-24(22-7-4-3-6-21(22)23)31(28,29)27-15-5-14-26(16-17-27)20-10-8-19(18-25)9-11-20/h3-4,6-13H,2,5,14-17H2,1H3. The number of nitrogens with zero attached hydrogens (tertiary/aromatic N) is 3. The normalized spacial score (nSPS) is 15.4. The zero-order valence-electron chi connectivity index (χ0n) is 17.5. The summed E-state index contributed by atoms with van der Waals surface area (Å²) in [6.45, 7) is 4.67. The fourth-order valence-corrected chi connectivity index (χ4v) is 5.69. The number of nitriles is 1. The first-order valence-corrected chi connectivity index (χ1v) is 11.9. The van der Waals surface area contributed by atoms with E-state index in [4.69, 9.17) is 10.00 Å². The molecule has 1 fully saturated rings. The largest absolute Gasteiger partial charge is 0.493 e. The van der Waals surface area contributed by atoms with Gasteiger partial charge in [0, 0.05) is 42.6 Å². The van der Waals surface area contributed by atoms with Gasteiger partial charge in [0.05, 0.1) is 23.1 Å². The molecule has 1 heterocycles. The van der Waals surface area contributed by atoms with E-state index >= 15 is 0 Å². The molecule has 1 aliphatic rings. The summed E-state index contributed by atoms with van der Waals surface area (Å²) in [5.74, 6) is 0.694. The number of anilines is 1. The maximum absolute atomic E-state index is 13.6. The van der Waals surface area contributed by atoms with Gasteiger partial charge < -0.3 is 9.64 Å². The zero-order valence-corrected chi connectivity index (χ0v) is 18.3. The van der Waals surface area contributed by atoms with Gasteiger partial charge in [-0.05, 0) is 49.7 Å². The van der Waals surface area contributed by atoms with Crippen molar-refractivity contribution in [2.75, 3.05) is 37.7 Å². The molecule has 31 heavy (non-hydrogen) atoms. The highest BCUT2D eigenvalue weighted by atomic mass is 32.2. The molecule has 0 bridgehead atoms. The Bertz CT molecular complexity index is 1220. The summed E-state index contributed by atoms with van der Waals surface area (Å²) in [7, 11) is -3.65. The second-order valence-corrected chi connectivity index (χ2v) is 9.35. The van der Waals surface area contributed by atoms with Crippen LogP contribution in [-0.2, 0) is 10.0 Å². The molecular formula is C24H25N3O3S. The molecule has 0 radical (unpaired) electrons. The molecule has 1 saturated heterocycles. The quantitative estimate of drug-likeness (QED) is 0.605. The first-order chi connectivity index (χ1) is 15.0. The lowest BCUT2D eigenvalue weighted by molar-refractivity contribution is 0.344. The Morgan fingerprint density at radius 3 is 2.39 bits per heavy atom. The van der Waals surface area contributed by atoms with Gasteiger partial charge in [0.25, 0.3) is 0 Å². The lowest BCUT2D eigenvalue weighted by atomic mass is 10.1. The Balaban J connectivity index is 1.61. The number of hydrogen-bond acceptors (Lipinski definition) is 5. The van der Waals surface area contributed by atoms with Crippen molar-refractivity contribution < 1.29 is 13.2 Å². The van der Waals surface area contributed by atoms with E-state index in [0.29, 0.717) is 47.8 Å². The van der Waals surface area contributed by atoms with Crippen molar-refractivity contribution in [3.8, 4) is 11.8 Å². The molecule has 0 unspecified atom stereocenters. The topological polar surface area (TPSA) is 73.6 Å². The monoisotopic (exact) mass is 435 g/mol. The minimum Gasteiger partial charge on any atom is -0.493 e. The van der Waals surface area contributed by atoms with Gasteiger partial charge in [-0.25, -0.2) is 8.42 Å². The Morgan fingerprint density at radius 1 is 0.935 bits per heavy atom. The fraction of sp³-hybridized carbons (Fsp3) is 0.292. The molecule has 6 nitrogen and oxygen atoms in total. The Morgan fingerprint density at radius 2 is 1.68 bits per heavy atom. The van der Waals surface area contributed by atoms with Gasteiger partial charge in [-0.15, -0.1) is 0 Å². The Hall–Kier alpha value is -3.08. The molecule has 0 amide bonds. The van der Waals surface area contributed by atoms with Gasteiger partial charge >= 0.3 is 0 Å². The summed E-state index contributed by atoms with van der Waals surface area (Å²) in [4.78, 5) is 2.49. The average Bonchev–Trinajstić information content (AvgIpc) is 3.06. The minimum atomic E-state index is -3.65. The minimum absolute atomic E-state index is 0.318. The SMILES string of the molecule is CCOc1ccc(S(=O)(=O)N2CCCN(c3ccc(C#N)cc3)CC2)c2ccccc12. The van der Waals surface area contributed by atoms with Gasteiger partial charge in [-0.2, -0.15) is 9.57 Å². The van der Waals surface area contributed by atoms with Crippen LogP contribution in [0.25, 0.3) is 10.8 Å². The number of rotatable bonds is 5. The van der Waals surface area contributed by atoms with Gasteiger partial charge in [-0.3, -0.25) is 0 Å². The lowest BCUT2D eigenvalue weighted by Crippen LogP contribution is -2.35. The third kappa shape index (κ3) is 4.22. The molecule has 1 aliphatic heterocycles. The van der Waals surface area contributed by atoms with Crippen molar-refractivity contribution >= 4 is 26.5 Å². The predicted octanol–water partition coefficient (Wildman–Crippen LogP) is 4.01. The van der Waals surface area contributed by atoms with Crippen molar-refractivity contribution in [3.05, 3.63) is 66.2 Å². The van der Waals surface area contributed by atoms with Gasteiger partial charge in [0.15, 0.2) is 0 Å². The molecule has 7 heteroatoms. The summed E-state index contributed by atoms with van der Waals surface area (Å²) in [6.07, 6.45) is 0.730. The van der Waals surface area contributed by atoms with E-state index in [2.05, 4.69) is 11.0 Å².